The number of nitrogens with two attached hydrogens (primary N) is 1. The van der Waals surface area contributed by atoms with E-state index in [1.54, 1.807) is 24.3 Å². The molecule has 0 bridgehead atoms. The average Bonchev–Trinajstić information content (AvgIpc) is 2.90. The highest BCUT2D eigenvalue weighted by molar-refractivity contribution is 6.30. The SMILES string of the molecule is N/C(=N\O)c1cccc(C2Cc3cc(Cl)c(F)cc3O2)n1. The van der Waals surface area contributed by atoms with Gasteiger partial charge in [0.05, 0.1) is 10.7 Å². The summed E-state index contributed by atoms with van der Waals surface area (Å²) in [6.07, 6.45) is 0.173. The van der Waals surface area contributed by atoms with Crippen molar-refractivity contribution >= 4 is 17.4 Å². The van der Waals surface area contributed by atoms with Gasteiger partial charge in [0.25, 0.3) is 0 Å². The quantitative estimate of drug-likeness (QED) is 0.387. The van der Waals surface area contributed by atoms with Crippen molar-refractivity contribution in [1.29, 1.82) is 0 Å². The molecule has 0 saturated heterocycles. The van der Waals surface area contributed by atoms with Gasteiger partial charge in [0.2, 0.25) is 0 Å². The fourth-order valence-corrected chi connectivity index (χ4v) is 2.41. The lowest BCUT2D eigenvalue weighted by molar-refractivity contribution is 0.232. The van der Waals surface area contributed by atoms with Gasteiger partial charge in [0.15, 0.2) is 5.84 Å². The van der Waals surface area contributed by atoms with Crippen LogP contribution in [-0.4, -0.2) is 16.0 Å². The van der Waals surface area contributed by atoms with Crippen molar-refractivity contribution in [3.05, 3.63) is 58.1 Å². The molecule has 0 saturated carbocycles. The summed E-state index contributed by atoms with van der Waals surface area (Å²) in [6, 6.07) is 7.94. The van der Waals surface area contributed by atoms with Gasteiger partial charge in [0.1, 0.15) is 23.4 Å². The highest BCUT2D eigenvalue weighted by atomic mass is 35.5. The van der Waals surface area contributed by atoms with E-state index in [-0.39, 0.29) is 17.0 Å². The zero-order valence-electron chi connectivity index (χ0n) is 10.8. The second kappa shape index (κ2) is 5.21. The number of oxime groups is 1. The van der Waals surface area contributed by atoms with E-state index in [4.69, 9.17) is 27.3 Å². The Kier molecular flexibility index (Phi) is 3.39. The predicted molar refractivity (Wildman–Crippen MR) is 75.2 cm³/mol. The second-order valence-electron chi connectivity index (χ2n) is 4.62. The number of rotatable bonds is 2. The maximum absolute atomic E-state index is 13.4. The zero-order valence-corrected chi connectivity index (χ0v) is 11.5. The van der Waals surface area contributed by atoms with E-state index in [0.717, 1.165) is 5.56 Å². The minimum Gasteiger partial charge on any atom is -0.483 e. The first-order chi connectivity index (χ1) is 10.1. The maximum Gasteiger partial charge on any atom is 0.188 e. The smallest absolute Gasteiger partial charge is 0.188 e. The Morgan fingerprint density at radius 2 is 2.29 bits per heavy atom. The molecule has 7 heteroatoms. The Balaban J connectivity index is 1.91. The number of pyridine rings is 1. The molecule has 108 valence electrons. The summed E-state index contributed by atoms with van der Waals surface area (Å²) in [4.78, 5) is 4.29. The van der Waals surface area contributed by atoms with Gasteiger partial charge in [0, 0.05) is 12.5 Å². The fourth-order valence-electron chi connectivity index (χ4n) is 2.22. The highest BCUT2D eigenvalue weighted by Crippen LogP contribution is 2.38. The van der Waals surface area contributed by atoms with Gasteiger partial charge in [-0.1, -0.05) is 22.8 Å². The van der Waals surface area contributed by atoms with Gasteiger partial charge < -0.3 is 15.7 Å². The third-order valence-electron chi connectivity index (χ3n) is 3.25. The molecule has 0 radical (unpaired) electrons. The minimum absolute atomic E-state index is 0.0661. The largest absolute Gasteiger partial charge is 0.483 e. The van der Waals surface area contributed by atoms with Crippen LogP contribution in [0.25, 0.3) is 0 Å². The van der Waals surface area contributed by atoms with Crippen LogP contribution in [0, 0.1) is 5.82 Å². The van der Waals surface area contributed by atoms with Gasteiger partial charge in [-0.2, -0.15) is 0 Å². The Morgan fingerprint density at radius 3 is 3.05 bits per heavy atom. The van der Waals surface area contributed by atoms with Crippen molar-refractivity contribution in [3.8, 4) is 5.75 Å². The molecule has 1 aliphatic heterocycles. The van der Waals surface area contributed by atoms with Crippen molar-refractivity contribution in [1.82, 2.24) is 4.98 Å². The Bertz CT molecular complexity index is 705. The molecule has 1 aliphatic rings. The number of benzene rings is 1. The van der Waals surface area contributed by atoms with Crippen LogP contribution in [0.2, 0.25) is 5.02 Å². The third-order valence-corrected chi connectivity index (χ3v) is 3.54. The zero-order chi connectivity index (χ0) is 15.0. The first-order valence-corrected chi connectivity index (χ1v) is 6.55. The average molecular weight is 308 g/mol. The molecule has 21 heavy (non-hydrogen) atoms. The van der Waals surface area contributed by atoms with Crippen molar-refractivity contribution in [2.24, 2.45) is 10.9 Å². The van der Waals surface area contributed by atoms with E-state index in [9.17, 15) is 4.39 Å². The number of ether oxygens (including phenoxy) is 1. The lowest BCUT2D eigenvalue weighted by atomic mass is 10.1. The van der Waals surface area contributed by atoms with Crippen LogP contribution in [0.15, 0.2) is 35.5 Å². The van der Waals surface area contributed by atoms with Crippen LogP contribution in [0.1, 0.15) is 23.1 Å². The summed E-state index contributed by atoms with van der Waals surface area (Å²) in [5, 5.41) is 11.7. The highest BCUT2D eigenvalue weighted by Gasteiger charge is 2.27. The molecule has 2 heterocycles. The van der Waals surface area contributed by atoms with Gasteiger partial charge in [-0.05, 0) is 23.8 Å². The lowest BCUT2D eigenvalue weighted by Crippen LogP contribution is -2.17. The number of hydrogen-bond donors (Lipinski definition) is 2. The normalized spacial score (nSPS) is 17.4. The molecule has 3 N–H and O–H groups in total. The minimum atomic E-state index is -0.519. The van der Waals surface area contributed by atoms with Crippen LogP contribution < -0.4 is 10.5 Å². The summed E-state index contributed by atoms with van der Waals surface area (Å²) in [5.74, 6) is -0.145. The van der Waals surface area contributed by atoms with E-state index >= 15 is 0 Å². The van der Waals surface area contributed by atoms with Gasteiger partial charge in [-0.15, -0.1) is 0 Å². The van der Waals surface area contributed by atoms with Crippen molar-refractivity contribution in [2.75, 3.05) is 0 Å². The van der Waals surface area contributed by atoms with E-state index < -0.39 is 5.82 Å². The standard InChI is InChI=1S/C14H11ClFN3O2/c15-8-4-7-5-13(21-12(7)6-9(8)16)10-2-1-3-11(18-10)14(17)19-20/h1-4,6,13,20H,5H2,(H2,17,19). The third kappa shape index (κ3) is 2.50. The summed E-state index contributed by atoms with van der Waals surface area (Å²) in [6.45, 7) is 0. The lowest BCUT2D eigenvalue weighted by Gasteiger charge is -2.11. The summed E-state index contributed by atoms with van der Waals surface area (Å²) >= 11 is 5.77. The van der Waals surface area contributed by atoms with Gasteiger partial charge in [-0.25, -0.2) is 9.37 Å². The van der Waals surface area contributed by atoms with E-state index in [2.05, 4.69) is 10.1 Å². The van der Waals surface area contributed by atoms with Crippen LogP contribution in [0.3, 0.4) is 0 Å². The number of aromatic nitrogens is 1. The summed E-state index contributed by atoms with van der Waals surface area (Å²) in [7, 11) is 0. The molecule has 5 nitrogen and oxygen atoms in total. The molecular formula is C14H11ClFN3O2. The van der Waals surface area contributed by atoms with Crippen molar-refractivity contribution in [2.45, 2.75) is 12.5 Å². The van der Waals surface area contributed by atoms with Gasteiger partial charge in [-0.3, -0.25) is 0 Å². The molecule has 3 rings (SSSR count). The maximum atomic E-state index is 13.4. The monoisotopic (exact) mass is 307 g/mol. The second-order valence-corrected chi connectivity index (χ2v) is 5.02. The summed E-state index contributed by atoms with van der Waals surface area (Å²) in [5.41, 5.74) is 7.30. The van der Waals surface area contributed by atoms with Crippen LogP contribution >= 0.6 is 11.6 Å². The number of hydrogen-bond acceptors (Lipinski definition) is 4. The Morgan fingerprint density at radius 1 is 1.48 bits per heavy atom. The van der Waals surface area contributed by atoms with Crippen LogP contribution in [0.5, 0.6) is 5.75 Å². The molecule has 1 aromatic heterocycles. The molecule has 1 unspecified atom stereocenters. The first kappa shape index (κ1) is 13.6. The fraction of sp³-hybridized carbons (Fsp3) is 0.143. The Hall–Kier alpha value is -2.34. The van der Waals surface area contributed by atoms with Crippen LogP contribution in [0.4, 0.5) is 4.39 Å². The molecule has 0 aliphatic carbocycles. The number of amidine groups is 1. The molecule has 1 aromatic carbocycles. The van der Waals surface area contributed by atoms with E-state index in [1.165, 1.54) is 6.07 Å². The van der Waals surface area contributed by atoms with Crippen molar-refractivity contribution in [3.63, 3.8) is 0 Å². The number of fused-ring (bicyclic) bond motifs is 1. The van der Waals surface area contributed by atoms with Crippen LogP contribution in [-0.2, 0) is 6.42 Å². The first-order valence-electron chi connectivity index (χ1n) is 6.18. The van der Waals surface area contributed by atoms with Crippen molar-refractivity contribution < 1.29 is 14.3 Å². The topological polar surface area (TPSA) is 80.7 Å². The van der Waals surface area contributed by atoms with Gasteiger partial charge >= 0.3 is 0 Å². The number of nitrogens with zero attached hydrogens (tertiary/aromatic N) is 2. The predicted octanol–water partition coefficient (Wildman–Crippen LogP) is 2.64. The molecule has 0 amide bonds. The molecular weight excluding hydrogens is 297 g/mol. The number of halogens is 2. The molecule has 0 fully saturated rings. The summed E-state index contributed by atoms with van der Waals surface area (Å²) < 4.78 is 19.1. The van der Waals surface area contributed by atoms with E-state index in [0.29, 0.717) is 23.6 Å². The molecule has 2 aromatic rings. The Labute approximate surface area is 124 Å². The molecule has 0 spiro atoms. The molecule has 1 atom stereocenters. The van der Waals surface area contributed by atoms with E-state index in [1.807, 2.05) is 0 Å².